The quantitative estimate of drug-likeness (QED) is 0.934. The van der Waals surface area contributed by atoms with Crippen molar-refractivity contribution < 1.29 is 22.3 Å². The molecule has 1 unspecified atom stereocenters. The van der Waals surface area contributed by atoms with Crippen molar-refractivity contribution in [2.24, 2.45) is 0 Å². The van der Waals surface area contributed by atoms with Crippen molar-refractivity contribution in [1.29, 1.82) is 0 Å². The van der Waals surface area contributed by atoms with E-state index in [-0.39, 0.29) is 18.0 Å². The van der Waals surface area contributed by atoms with Crippen LogP contribution in [0.25, 0.3) is 0 Å². The summed E-state index contributed by atoms with van der Waals surface area (Å²) in [5.41, 5.74) is 0. The van der Waals surface area contributed by atoms with Gasteiger partial charge in [-0.2, -0.15) is 0 Å². The Balaban J connectivity index is 1.66. The van der Waals surface area contributed by atoms with E-state index in [4.69, 9.17) is 9.47 Å². The molecule has 0 spiro atoms. The van der Waals surface area contributed by atoms with Crippen LogP contribution in [0.5, 0.6) is 11.5 Å². The summed E-state index contributed by atoms with van der Waals surface area (Å²) in [6, 6.07) is 12.0. The number of para-hydroxylation sites is 2. The Morgan fingerprint density at radius 1 is 1.14 bits per heavy atom. The smallest absolute Gasteiger partial charge is 0.240 e. The topological polar surface area (TPSA) is 64.6 Å². The fraction of sp³-hybridized carbons (Fsp3) is 0.200. The second-order valence-electron chi connectivity index (χ2n) is 4.81. The molecule has 1 heterocycles. The number of ether oxygens (including phenoxy) is 2. The van der Waals surface area contributed by atoms with E-state index in [9.17, 15) is 12.8 Å². The zero-order chi connectivity index (χ0) is 15.6. The zero-order valence-electron chi connectivity index (χ0n) is 11.5. The Hall–Kier alpha value is -2.12. The fourth-order valence-corrected chi connectivity index (χ4v) is 3.18. The first-order valence-corrected chi connectivity index (χ1v) is 8.17. The summed E-state index contributed by atoms with van der Waals surface area (Å²) in [5.74, 6) is 0.601. The van der Waals surface area contributed by atoms with Crippen LogP contribution in [0.15, 0.2) is 53.4 Å². The second-order valence-corrected chi connectivity index (χ2v) is 6.57. The van der Waals surface area contributed by atoms with Gasteiger partial charge in [0.2, 0.25) is 10.0 Å². The second kappa shape index (κ2) is 5.94. The van der Waals surface area contributed by atoms with Crippen molar-refractivity contribution in [1.82, 2.24) is 4.72 Å². The Kier molecular flexibility index (Phi) is 4.00. The van der Waals surface area contributed by atoms with E-state index in [2.05, 4.69) is 4.72 Å². The Labute approximate surface area is 127 Å². The normalized spacial score (nSPS) is 17.2. The molecule has 0 fully saturated rings. The highest BCUT2D eigenvalue weighted by Gasteiger charge is 2.23. The molecule has 1 N–H and O–H groups in total. The Bertz CT molecular complexity index is 779. The largest absolute Gasteiger partial charge is 0.486 e. The maximum absolute atomic E-state index is 13.1. The molecule has 2 aromatic carbocycles. The Morgan fingerprint density at radius 3 is 2.68 bits per heavy atom. The fourth-order valence-electron chi connectivity index (χ4n) is 2.08. The summed E-state index contributed by atoms with van der Waals surface area (Å²) in [7, 11) is -3.79. The molecule has 0 amide bonds. The number of sulfonamides is 1. The van der Waals surface area contributed by atoms with Crippen LogP contribution in [0, 0.1) is 5.82 Å². The molecule has 0 aliphatic carbocycles. The minimum Gasteiger partial charge on any atom is -0.486 e. The van der Waals surface area contributed by atoms with Gasteiger partial charge in [-0.15, -0.1) is 0 Å². The van der Waals surface area contributed by atoms with Gasteiger partial charge in [-0.25, -0.2) is 17.5 Å². The van der Waals surface area contributed by atoms with Crippen molar-refractivity contribution in [3.8, 4) is 11.5 Å². The molecular formula is C15H14FNO4S. The first-order chi connectivity index (χ1) is 10.5. The third kappa shape index (κ3) is 3.20. The van der Waals surface area contributed by atoms with Crippen molar-refractivity contribution >= 4 is 10.0 Å². The van der Waals surface area contributed by atoms with Gasteiger partial charge in [0.05, 0.1) is 11.4 Å². The number of rotatable bonds is 4. The van der Waals surface area contributed by atoms with Crippen LogP contribution in [-0.4, -0.2) is 27.7 Å². The average Bonchev–Trinajstić information content (AvgIpc) is 2.53. The molecule has 7 heteroatoms. The van der Waals surface area contributed by atoms with Crippen LogP contribution >= 0.6 is 0 Å². The van der Waals surface area contributed by atoms with Gasteiger partial charge in [0.25, 0.3) is 0 Å². The molecule has 1 aliphatic rings. The highest BCUT2D eigenvalue weighted by Crippen LogP contribution is 2.30. The monoisotopic (exact) mass is 323 g/mol. The lowest BCUT2D eigenvalue weighted by Crippen LogP contribution is -2.40. The highest BCUT2D eigenvalue weighted by atomic mass is 32.2. The highest BCUT2D eigenvalue weighted by molar-refractivity contribution is 7.89. The Morgan fingerprint density at radius 2 is 1.91 bits per heavy atom. The van der Waals surface area contributed by atoms with Crippen LogP contribution in [-0.2, 0) is 10.0 Å². The van der Waals surface area contributed by atoms with Crippen LogP contribution in [0.4, 0.5) is 4.39 Å². The van der Waals surface area contributed by atoms with Gasteiger partial charge in [-0.3, -0.25) is 0 Å². The zero-order valence-corrected chi connectivity index (χ0v) is 12.3. The van der Waals surface area contributed by atoms with Crippen LogP contribution in [0.1, 0.15) is 0 Å². The van der Waals surface area contributed by atoms with E-state index < -0.39 is 21.9 Å². The minimum absolute atomic E-state index is 0.0349. The predicted octanol–water partition coefficient (Wildman–Crippen LogP) is 1.94. The molecule has 0 saturated carbocycles. The summed E-state index contributed by atoms with van der Waals surface area (Å²) in [6.07, 6.45) is -0.446. The van der Waals surface area contributed by atoms with Crippen LogP contribution in [0.3, 0.4) is 0 Å². The van der Waals surface area contributed by atoms with Crippen LogP contribution in [0.2, 0.25) is 0 Å². The number of hydrogen-bond acceptors (Lipinski definition) is 4. The van der Waals surface area contributed by atoms with Crippen molar-refractivity contribution in [3.05, 3.63) is 54.3 Å². The molecule has 2 aromatic rings. The number of nitrogens with one attached hydrogen (secondary N) is 1. The average molecular weight is 323 g/mol. The lowest BCUT2D eigenvalue weighted by atomic mass is 10.2. The molecule has 5 nitrogen and oxygen atoms in total. The van der Waals surface area contributed by atoms with Gasteiger partial charge < -0.3 is 9.47 Å². The number of fused-ring (bicyclic) bond motifs is 1. The van der Waals surface area contributed by atoms with E-state index in [0.717, 1.165) is 6.07 Å². The van der Waals surface area contributed by atoms with Gasteiger partial charge in [0.1, 0.15) is 18.5 Å². The molecule has 116 valence electrons. The lowest BCUT2D eigenvalue weighted by Gasteiger charge is -2.26. The summed E-state index contributed by atoms with van der Waals surface area (Å²) in [4.78, 5) is -0.121. The molecule has 0 bridgehead atoms. The molecule has 1 aliphatic heterocycles. The lowest BCUT2D eigenvalue weighted by molar-refractivity contribution is 0.0943. The minimum atomic E-state index is -3.79. The summed E-state index contributed by atoms with van der Waals surface area (Å²) in [5, 5.41) is 0. The van der Waals surface area contributed by atoms with Gasteiger partial charge in [-0.1, -0.05) is 18.2 Å². The molecule has 22 heavy (non-hydrogen) atoms. The van der Waals surface area contributed by atoms with Crippen molar-refractivity contribution in [2.45, 2.75) is 11.0 Å². The summed E-state index contributed by atoms with van der Waals surface area (Å²) < 4.78 is 50.9. The standard InChI is InChI=1S/C15H14FNO4S/c16-11-4-3-5-13(8-11)22(18,19)17-9-12-10-20-14-6-1-2-7-15(14)21-12/h1-8,12,17H,9-10H2. The van der Waals surface area contributed by atoms with Gasteiger partial charge in [0.15, 0.2) is 11.5 Å². The molecular weight excluding hydrogens is 309 g/mol. The summed E-state index contributed by atoms with van der Waals surface area (Å²) in [6.45, 7) is 0.274. The van der Waals surface area contributed by atoms with E-state index in [1.807, 2.05) is 12.1 Å². The van der Waals surface area contributed by atoms with Gasteiger partial charge in [-0.05, 0) is 30.3 Å². The third-order valence-corrected chi connectivity index (χ3v) is 4.60. The van der Waals surface area contributed by atoms with Gasteiger partial charge in [0, 0.05) is 0 Å². The maximum Gasteiger partial charge on any atom is 0.240 e. The number of halogens is 1. The molecule has 0 aromatic heterocycles. The van der Waals surface area contributed by atoms with Crippen molar-refractivity contribution in [2.75, 3.05) is 13.2 Å². The number of hydrogen-bond donors (Lipinski definition) is 1. The summed E-state index contributed by atoms with van der Waals surface area (Å²) >= 11 is 0. The van der Waals surface area contributed by atoms with Gasteiger partial charge >= 0.3 is 0 Å². The molecule has 1 atom stereocenters. The number of benzene rings is 2. The first kappa shape index (κ1) is 14.8. The van der Waals surface area contributed by atoms with E-state index in [1.165, 1.54) is 18.2 Å². The van der Waals surface area contributed by atoms with E-state index >= 15 is 0 Å². The first-order valence-electron chi connectivity index (χ1n) is 6.68. The SMILES string of the molecule is O=S(=O)(NCC1COc2ccccc2O1)c1cccc(F)c1. The van der Waals surface area contributed by atoms with Crippen LogP contribution < -0.4 is 14.2 Å². The third-order valence-electron chi connectivity index (χ3n) is 3.17. The van der Waals surface area contributed by atoms with E-state index in [1.54, 1.807) is 12.1 Å². The predicted molar refractivity (Wildman–Crippen MR) is 77.9 cm³/mol. The molecule has 3 rings (SSSR count). The van der Waals surface area contributed by atoms with E-state index in [0.29, 0.717) is 11.5 Å². The van der Waals surface area contributed by atoms with Crippen molar-refractivity contribution in [3.63, 3.8) is 0 Å². The molecule has 0 saturated heterocycles. The molecule has 0 radical (unpaired) electrons. The maximum atomic E-state index is 13.1.